The van der Waals surface area contributed by atoms with E-state index in [1.165, 1.54) is 6.92 Å². The average Bonchev–Trinajstić information content (AvgIpc) is 3.26. The van der Waals surface area contributed by atoms with Crippen molar-refractivity contribution in [3.63, 3.8) is 0 Å². The Morgan fingerprint density at radius 1 is 0.969 bits per heavy atom. The highest BCUT2D eigenvalue weighted by molar-refractivity contribution is 5.98. The van der Waals surface area contributed by atoms with Gasteiger partial charge in [0.2, 0.25) is 12.7 Å². The molecule has 0 aromatic heterocycles. The fraction of sp³-hybridized carbons (Fsp3) is 0.304. The Morgan fingerprint density at radius 2 is 1.72 bits per heavy atom. The summed E-state index contributed by atoms with van der Waals surface area (Å²) in [6.45, 7) is 1.63. The number of hydrogen-bond acceptors (Lipinski definition) is 7. The quantitative estimate of drug-likeness (QED) is 0.430. The van der Waals surface area contributed by atoms with E-state index in [2.05, 4.69) is 10.6 Å². The molecule has 1 aliphatic rings. The van der Waals surface area contributed by atoms with E-state index in [1.54, 1.807) is 42.5 Å². The topological polar surface area (TPSA) is 120 Å². The molecule has 0 radical (unpaired) electrons. The van der Waals surface area contributed by atoms with Gasteiger partial charge in [0.15, 0.2) is 23.4 Å². The predicted octanol–water partition coefficient (Wildman–Crippen LogP) is 2.45. The molecule has 1 atom stereocenters. The molecule has 32 heavy (non-hydrogen) atoms. The number of Topliss-reactive ketones (excluding diaryl/α,β-unsaturated/α-hetero) is 1. The summed E-state index contributed by atoms with van der Waals surface area (Å²) < 4.78 is 15.6. The lowest BCUT2D eigenvalue weighted by molar-refractivity contribution is -0.153. The molecule has 2 aromatic rings. The van der Waals surface area contributed by atoms with Gasteiger partial charge in [-0.05, 0) is 19.1 Å². The van der Waals surface area contributed by atoms with Crippen molar-refractivity contribution in [2.75, 3.05) is 18.7 Å². The van der Waals surface area contributed by atoms with Crippen LogP contribution >= 0.6 is 0 Å². The van der Waals surface area contributed by atoms with Gasteiger partial charge in [-0.2, -0.15) is 0 Å². The molecule has 9 nitrogen and oxygen atoms in total. The summed E-state index contributed by atoms with van der Waals surface area (Å²) in [6, 6.07) is 13.7. The Balaban J connectivity index is 1.32. The molecule has 0 spiro atoms. The lowest BCUT2D eigenvalue weighted by Crippen LogP contribution is -2.32. The van der Waals surface area contributed by atoms with Crippen LogP contribution < -0.4 is 20.1 Å². The maximum Gasteiger partial charge on any atom is 0.308 e. The lowest BCUT2D eigenvalue weighted by Gasteiger charge is -2.14. The molecule has 168 valence electrons. The Labute approximate surface area is 185 Å². The van der Waals surface area contributed by atoms with E-state index in [4.69, 9.17) is 14.2 Å². The first-order valence-electron chi connectivity index (χ1n) is 10.2. The molecule has 0 saturated heterocycles. The van der Waals surface area contributed by atoms with Crippen molar-refractivity contribution in [3.8, 4) is 11.5 Å². The third-order valence-corrected chi connectivity index (χ3v) is 4.64. The number of carbonyl (C=O) groups excluding carboxylic acids is 4. The Morgan fingerprint density at radius 3 is 2.50 bits per heavy atom. The van der Waals surface area contributed by atoms with Gasteiger partial charge in [-0.1, -0.05) is 30.3 Å². The third kappa shape index (κ3) is 6.56. The summed E-state index contributed by atoms with van der Waals surface area (Å²) in [5.74, 6) is -0.472. The standard InChI is InChI=1S/C23H24N2O7/c1-15(23(29)25-17-7-9-19-20(13-17)31-14-30-19)32-22(28)11-12-24-21(27)10-8-18(26)16-5-3-2-4-6-16/h2-7,9,13,15H,8,10-12,14H2,1H3,(H,24,27)(H,25,29)/t15-/m1/s1. The highest BCUT2D eigenvalue weighted by Crippen LogP contribution is 2.34. The molecule has 0 unspecified atom stereocenters. The Kier molecular flexibility index (Phi) is 7.80. The number of ether oxygens (including phenoxy) is 3. The fourth-order valence-electron chi connectivity index (χ4n) is 2.92. The molecule has 2 N–H and O–H groups in total. The zero-order chi connectivity index (χ0) is 22.9. The summed E-state index contributed by atoms with van der Waals surface area (Å²) in [4.78, 5) is 48.1. The van der Waals surface area contributed by atoms with E-state index in [1.807, 2.05) is 6.07 Å². The van der Waals surface area contributed by atoms with Crippen LogP contribution in [-0.2, 0) is 19.1 Å². The van der Waals surface area contributed by atoms with Crippen LogP contribution in [0.4, 0.5) is 5.69 Å². The van der Waals surface area contributed by atoms with Crippen LogP contribution in [0.15, 0.2) is 48.5 Å². The predicted molar refractivity (Wildman–Crippen MR) is 114 cm³/mol. The second-order valence-electron chi connectivity index (χ2n) is 7.08. The van der Waals surface area contributed by atoms with Gasteiger partial charge in [0.25, 0.3) is 5.91 Å². The van der Waals surface area contributed by atoms with E-state index < -0.39 is 18.0 Å². The zero-order valence-electron chi connectivity index (χ0n) is 17.6. The molecule has 3 rings (SSSR count). The monoisotopic (exact) mass is 440 g/mol. The van der Waals surface area contributed by atoms with Gasteiger partial charge in [0.05, 0.1) is 6.42 Å². The molecule has 9 heteroatoms. The number of nitrogens with one attached hydrogen (secondary N) is 2. The van der Waals surface area contributed by atoms with Crippen molar-refractivity contribution in [2.24, 2.45) is 0 Å². The molecule has 0 saturated carbocycles. The molecule has 2 amide bonds. The van der Waals surface area contributed by atoms with Gasteiger partial charge < -0.3 is 24.8 Å². The molecule has 0 bridgehead atoms. The summed E-state index contributed by atoms with van der Waals surface area (Å²) in [7, 11) is 0. The number of anilines is 1. The SMILES string of the molecule is C[C@@H](OC(=O)CCNC(=O)CCC(=O)c1ccccc1)C(=O)Nc1ccc2c(c1)OCO2. The van der Waals surface area contributed by atoms with Crippen LogP contribution in [-0.4, -0.2) is 43.0 Å². The van der Waals surface area contributed by atoms with Crippen molar-refractivity contribution in [1.82, 2.24) is 5.32 Å². The smallest absolute Gasteiger partial charge is 0.308 e. The van der Waals surface area contributed by atoms with E-state index in [0.29, 0.717) is 22.7 Å². The summed E-state index contributed by atoms with van der Waals surface area (Å²) in [6.07, 6.45) is -1.01. The van der Waals surface area contributed by atoms with Crippen LogP contribution in [0.3, 0.4) is 0 Å². The molecule has 2 aromatic carbocycles. The number of ketones is 1. The minimum atomic E-state index is -1.02. The van der Waals surface area contributed by atoms with E-state index in [9.17, 15) is 19.2 Å². The van der Waals surface area contributed by atoms with Crippen LogP contribution in [0, 0.1) is 0 Å². The Hall–Kier alpha value is -3.88. The maximum atomic E-state index is 12.2. The maximum absolute atomic E-state index is 12.2. The summed E-state index contributed by atoms with van der Waals surface area (Å²) in [5, 5.41) is 5.21. The van der Waals surface area contributed by atoms with Crippen molar-refractivity contribution >= 4 is 29.3 Å². The molecule has 0 fully saturated rings. The number of fused-ring (bicyclic) bond motifs is 1. The van der Waals surface area contributed by atoms with Gasteiger partial charge in [0, 0.05) is 36.7 Å². The van der Waals surface area contributed by atoms with Crippen molar-refractivity contribution in [2.45, 2.75) is 32.3 Å². The highest BCUT2D eigenvalue weighted by atomic mass is 16.7. The van der Waals surface area contributed by atoms with Crippen LogP contribution in [0.25, 0.3) is 0 Å². The van der Waals surface area contributed by atoms with E-state index in [-0.39, 0.29) is 44.3 Å². The van der Waals surface area contributed by atoms with Gasteiger partial charge >= 0.3 is 5.97 Å². The zero-order valence-corrected chi connectivity index (χ0v) is 17.6. The second kappa shape index (κ2) is 10.9. The first-order valence-corrected chi connectivity index (χ1v) is 10.2. The first kappa shape index (κ1) is 22.8. The molecule has 1 heterocycles. The van der Waals surface area contributed by atoms with Gasteiger partial charge in [-0.25, -0.2) is 0 Å². The third-order valence-electron chi connectivity index (χ3n) is 4.64. The van der Waals surface area contributed by atoms with Crippen LogP contribution in [0.5, 0.6) is 11.5 Å². The number of carbonyl (C=O) groups is 4. The van der Waals surface area contributed by atoms with E-state index >= 15 is 0 Å². The average molecular weight is 440 g/mol. The minimum absolute atomic E-state index is 0.0249. The lowest BCUT2D eigenvalue weighted by atomic mass is 10.1. The first-order chi connectivity index (χ1) is 15.4. The minimum Gasteiger partial charge on any atom is -0.454 e. The number of amides is 2. The summed E-state index contributed by atoms with van der Waals surface area (Å²) in [5.41, 5.74) is 1.04. The van der Waals surface area contributed by atoms with Crippen molar-refractivity contribution < 1.29 is 33.4 Å². The number of rotatable bonds is 10. The molecular formula is C23H24N2O7. The second-order valence-corrected chi connectivity index (χ2v) is 7.08. The van der Waals surface area contributed by atoms with Crippen molar-refractivity contribution in [1.29, 1.82) is 0 Å². The number of esters is 1. The van der Waals surface area contributed by atoms with E-state index in [0.717, 1.165) is 0 Å². The number of hydrogen-bond donors (Lipinski definition) is 2. The van der Waals surface area contributed by atoms with Gasteiger partial charge in [-0.15, -0.1) is 0 Å². The molecule has 1 aliphatic heterocycles. The normalized spacial score (nSPS) is 12.5. The molecular weight excluding hydrogens is 416 g/mol. The fourth-order valence-corrected chi connectivity index (χ4v) is 2.92. The van der Waals surface area contributed by atoms with Crippen LogP contribution in [0.2, 0.25) is 0 Å². The van der Waals surface area contributed by atoms with Gasteiger partial charge in [-0.3, -0.25) is 19.2 Å². The summed E-state index contributed by atoms with van der Waals surface area (Å²) >= 11 is 0. The highest BCUT2D eigenvalue weighted by Gasteiger charge is 2.20. The van der Waals surface area contributed by atoms with Crippen LogP contribution in [0.1, 0.15) is 36.5 Å². The number of benzene rings is 2. The van der Waals surface area contributed by atoms with Gasteiger partial charge in [0.1, 0.15) is 0 Å². The molecule has 0 aliphatic carbocycles. The largest absolute Gasteiger partial charge is 0.454 e. The van der Waals surface area contributed by atoms with Crippen molar-refractivity contribution in [3.05, 3.63) is 54.1 Å². The Bertz CT molecular complexity index is 991.